The van der Waals surface area contributed by atoms with Crippen LogP contribution in [0.5, 0.6) is 0 Å². The summed E-state index contributed by atoms with van der Waals surface area (Å²) in [6, 6.07) is 1.11. The van der Waals surface area contributed by atoms with Gasteiger partial charge in [-0.2, -0.15) is 5.10 Å². The van der Waals surface area contributed by atoms with Gasteiger partial charge < -0.3 is 9.66 Å². The van der Waals surface area contributed by atoms with Crippen LogP contribution in [0.4, 0.5) is 5.69 Å². The molecule has 8 nitrogen and oxygen atoms in total. The predicted octanol–water partition coefficient (Wildman–Crippen LogP) is 2.46. The third-order valence-corrected chi connectivity index (χ3v) is 5.92. The van der Waals surface area contributed by atoms with Crippen LogP contribution in [0, 0.1) is 0 Å². The smallest absolute Gasteiger partial charge is 0.325 e. The van der Waals surface area contributed by atoms with Crippen molar-refractivity contribution in [3.63, 3.8) is 0 Å². The minimum atomic E-state index is -2.55. The third-order valence-electron chi connectivity index (χ3n) is 4.00. The fourth-order valence-corrected chi connectivity index (χ4v) is 4.14. The number of fused-ring (bicyclic) bond motifs is 1. The summed E-state index contributed by atoms with van der Waals surface area (Å²) in [7, 11) is 0. The van der Waals surface area contributed by atoms with E-state index in [9.17, 15) is 13.6 Å². The largest absolute Gasteiger partial charge is 0.755 e. The average molecular weight is 449 g/mol. The van der Waals surface area contributed by atoms with Crippen molar-refractivity contribution in [2.75, 3.05) is 4.31 Å². The van der Waals surface area contributed by atoms with Crippen LogP contribution in [0.1, 0.15) is 30.1 Å². The zero-order valence-corrected chi connectivity index (χ0v) is 15.9. The Labute approximate surface area is 159 Å². The summed E-state index contributed by atoms with van der Waals surface area (Å²) < 4.78 is 27.0. The molecule has 3 rings (SSSR count). The lowest BCUT2D eigenvalue weighted by Gasteiger charge is -2.36. The minimum absolute atomic E-state index is 0.235. The van der Waals surface area contributed by atoms with Crippen molar-refractivity contribution in [1.82, 2.24) is 14.8 Å². The van der Waals surface area contributed by atoms with E-state index >= 15 is 0 Å². The third kappa shape index (κ3) is 3.71. The van der Waals surface area contributed by atoms with Gasteiger partial charge in [0.25, 0.3) is 0 Å². The van der Waals surface area contributed by atoms with Gasteiger partial charge in [-0.25, -0.2) is 4.98 Å². The number of carbonyl (C=O) groups is 1. The maximum Gasteiger partial charge on any atom is 0.325 e. The van der Waals surface area contributed by atoms with E-state index in [1.165, 1.54) is 15.2 Å². The van der Waals surface area contributed by atoms with Crippen molar-refractivity contribution in [1.29, 1.82) is 0 Å². The van der Waals surface area contributed by atoms with Gasteiger partial charge in [-0.1, -0.05) is 11.6 Å². The van der Waals surface area contributed by atoms with Gasteiger partial charge in [-0.3, -0.25) is 18.0 Å². The standard InChI is InChI=1S/C14H14BrClN4O4S/c15-10-4-8(5-17-14(10)16)20(25(23)24)12-3-1-2-11-9(12)6-18-19(11)7-13(21)22/h4-6,12H,1-3,7H2,(H,21,22)(H,23,24)/p-1. The summed E-state index contributed by atoms with van der Waals surface area (Å²) in [5, 5.41) is 13.3. The maximum absolute atomic E-state index is 11.9. The molecule has 2 atom stereocenters. The summed E-state index contributed by atoms with van der Waals surface area (Å²) in [6.45, 7) is -0.253. The highest BCUT2D eigenvalue weighted by Crippen LogP contribution is 2.38. The first-order valence-corrected chi connectivity index (χ1v) is 9.54. The van der Waals surface area contributed by atoms with Crippen molar-refractivity contribution < 1.29 is 18.7 Å². The lowest BCUT2D eigenvalue weighted by molar-refractivity contribution is -0.137. The Hall–Kier alpha value is -1.49. The molecule has 25 heavy (non-hydrogen) atoms. The van der Waals surface area contributed by atoms with Crippen LogP contribution >= 0.6 is 27.5 Å². The minimum Gasteiger partial charge on any atom is -0.755 e. The molecular formula is C14H13BrClN4O4S-. The first-order chi connectivity index (χ1) is 11.9. The summed E-state index contributed by atoms with van der Waals surface area (Å²) >= 11 is 6.58. The molecule has 0 spiro atoms. The molecule has 1 aliphatic carbocycles. The van der Waals surface area contributed by atoms with Crippen LogP contribution in [-0.2, 0) is 29.0 Å². The van der Waals surface area contributed by atoms with Gasteiger partial charge in [-0.15, -0.1) is 0 Å². The summed E-state index contributed by atoms with van der Waals surface area (Å²) in [4.78, 5) is 15.0. The zero-order chi connectivity index (χ0) is 18.1. The molecule has 0 fully saturated rings. The molecule has 2 aromatic rings. The SMILES string of the molecule is O=C(O)Cn1ncc2c1CCCC2N(c1cnc(Cl)c(Br)c1)S(=O)[O-]. The van der Waals surface area contributed by atoms with Gasteiger partial charge in [0.1, 0.15) is 11.7 Å². The van der Waals surface area contributed by atoms with E-state index in [0.717, 1.165) is 12.1 Å². The molecule has 0 radical (unpaired) electrons. The van der Waals surface area contributed by atoms with Crippen molar-refractivity contribution in [2.24, 2.45) is 0 Å². The number of nitrogens with zero attached hydrogens (tertiary/aromatic N) is 4. The molecule has 2 aromatic heterocycles. The van der Waals surface area contributed by atoms with Gasteiger partial charge in [0.05, 0.1) is 28.6 Å². The van der Waals surface area contributed by atoms with Gasteiger partial charge in [0, 0.05) is 22.5 Å². The number of pyridine rings is 1. The molecule has 0 amide bonds. The number of aliphatic carboxylic acids is 1. The average Bonchev–Trinajstić information content (AvgIpc) is 2.94. The van der Waals surface area contributed by atoms with E-state index in [0.29, 0.717) is 28.6 Å². The Bertz CT molecular complexity index is 846. The van der Waals surface area contributed by atoms with Crippen molar-refractivity contribution in [2.45, 2.75) is 31.8 Å². The van der Waals surface area contributed by atoms with Gasteiger partial charge in [0.2, 0.25) is 0 Å². The van der Waals surface area contributed by atoms with Crippen molar-refractivity contribution in [3.05, 3.63) is 39.3 Å². The summed E-state index contributed by atoms with van der Waals surface area (Å²) in [5.41, 5.74) is 1.83. The highest BCUT2D eigenvalue weighted by Gasteiger charge is 2.31. The molecule has 0 saturated carbocycles. The molecule has 134 valence electrons. The van der Waals surface area contributed by atoms with E-state index < -0.39 is 23.3 Å². The number of hydrogen-bond acceptors (Lipinski definition) is 5. The number of rotatable bonds is 5. The van der Waals surface area contributed by atoms with Crippen LogP contribution in [0.2, 0.25) is 5.15 Å². The molecule has 0 aliphatic heterocycles. The molecular weight excluding hydrogens is 436 g/mol. The second-order valence-corrected chi connectivity index (χ2v) is 7.56. The van der Waals surface area contributed by atoms with Gasteiger partial charge in [0.15, 0.2) is 0 Å². The normalized spacial score (nSPS) is 17.8. The van der Waals surface area contributed by atoms with Crippen molar-refractivity contribution in [3.8, 4) is 0 Å². The monoisotopic (exact) mass is 447 g/mol. The molecule has 2 unspecified atom stereocenters. The second kappa shape index (κ2) is 7.40. The molecule has 11 heteroatoms. The molecule has 0 aromatic carbocycles. The Balaban J connectivity index is 2.02. The second-order valence-electron chi connectivity index (χ2n) is 5.52. The Morgan fingerprint density at radius 2 is 2.32 bits per heavy atom. The number of hydrogen-bond donors (Lipinski definition) is 1. The number of halogens is 2. The number of aromatic nitrogens is 3. The molecule has 1 N–H and O–H groups in total. The fourth-order valence-electron chi connectivity index (χ4n) is 3.00. The molecule has 2 heterocycles. The Kier molecular flexibility index (Phi) is 5.42. The van der Waals surface area contributed by atoms with Crippen LogP contribution in [0.3, 0.4) is 0 Å². The number of carboxylic acids is 1. The Morgan fingerprint density at radius 3 is 2.96 bits per heavy atom. The van der Waals surface area contributed by atoms with E-state index in [2.05, 4.69) is 26.0 Å². The maximum atomic E-state index is 11.9. The highest BCUT2D eigenvalue weighted by molar-refractivity contribution is 9.10. The van der Waals surface area contributed by atoms with Gasteiger partial charge in [-0.05, 0) is 41.3 Å². The predicted molar refractivity (Wildman–Crippen MR) is 93.9 cm³/mol. The topological polar surface area (TPSA) is 111 Å². The quantitative estimate of drug-likeness (QED) is 0.555. The number of anilines is 1. The zero-order valence-electron chi connectivity index (χ0n) is 12.8. The van der Waals surface area contributed by atoms with Gasteiger partial charge >= 0.3 is 5.97 Å². The first kappa shape index (κ1) is 18.3. The van der Waals surface area contributed by atoms with Crippen molar-refractivity contribution >= 4 is 50.5 Å². The van der Waals surface area contributed by atoms with E-state index in [-0.39, 0.29) is 11.7 Å². The fraction of sp³-hybridized carbons (Fsp3) is 0.357. The molecule has 1 aliphatic rings. The van der Waals surface area contributed by atoms with Crippen LogP contribution in [0.25, 0.3) is 0 Å². The van der Waals surface area contributed by atoms with Crippen LogP contribution < -0.4 is 4.31 Å². The summed E-state index contributed by atoms with van der Waals surface area (Å²) in [5.74, 6) is -0.997. The van der Waals surface area contributed by atoms with E-state index in [1.54, 1.807) is 12.3 Å². The van der Waals surface area contributed by atoms with Crippen LogP contribution in [0.15, 0.2) is 22.9 Å². The lowest BCUT2D eigenvalue weighted by atomic mass is 9.92. The number of carboxylic acid groups (broad SMARTS) is 1. The summed E-state index contributed by atoms with van der Waals surface area (Å²) in [6.07, 6.45) is 4.90. The van der Waals surface area contributed by atoms with E-state index in [4.69, 9.17) is 16.7 Å². The first-order valence-electron chi connectivity index (χ1n) is 7.34. The van der Waals surface area contributed by atoms with E-state index in [1.807, 2.05) is 0 Å². The lowest BCUT2D eigenvalue weighted by Crippen LogP contribution is -2.33. The van der Waals surface area contributed by atoms with Crippen LogP contribution in [-0.4, -0.2) is 34.6 Å². The Morgan fingerprint density at radius 1 is 1.56 bits per heavy atom. The molecule has 0 saturated heterocycles. The highest BCUT2D eigenvalue weighted by atomic mass is 79.9. The molecule has 0 bridgehead atoms.